The van der Waals surface area contributed by atoms with Crippen LogP contribution in [0.1, 0.15) is 34.7 Å². The van der Waals surface area contributed by atoms with Gasteiger partial charge in [0.1, 0.15) is 24.5 Å². The summed E-state index contributed by atoms with van der Waals surface area (Å²) < 4.78 is 13.4. The largest absolute Gasteiger partial charge is 0.476 e. The highest BCUT2D eigenvalue weighted by Crippen LogP contribution is 2.53. The Morgan fingerprint density at radius 3 is 2.84 bits per heavy atom. The number of hydrogen-bond acceptors (Lipinski definition) is 7. The molecular weight excluding hydrogens is 414 g/mol. The van der Waals surface area contributed by atoms with Crippen LogP contribution in [0.5, 0.6) is 0 Å². The molecule has 10 heteroatoms. The Morgan fingerprint density at radius 1 is 1.32 bits per heavy atom. The van der Waals surface area contributed by atoms with E-state index in [2.05, 4.69) is 39.7 Å². The number of rotatable bonds is 7. The summed E-state index contributed by atoms with van der Waals surface area (Å²) >= 11 is 0. The molecule has 2 aliphatic rings. The van der Waals surface area contributed by atoms with Gasteiger partial charge in [-0.25, -0.2) is 14.8 Å². The van der Waals surface area contributed by atoms with Crippen LogP contribution in [0.4, 0.5) is 5.82 Å². The molecule has 0 atom stereocenters. The van der Waals surface area contributed by atoms with Crippen LogP contribution < -0.4 is 4.90 Å². The van der Waals surface area contributed by atoms with Gasteiger partial charge in [0.2, 0.25) is 0 Å². The van der Waals surface area contributed by atoms with Crippen molar-refractivity contribution < 1.29 is 19.2 Å². The fourth-order valence-corrected chi connectivity index (χ4v) is 5.05. The second kappa shape index (κ2) is 7.16. The number of carboxylic acids is 1. The molecule has 164 valence electrons. The van der Waals surface area contributed by atoms with Gasteiger partial charge in [0, 0.05) is 38.4 Å². The normalized spacial score (nSPS) is 17.3. The van der Waals surface area contributed by atoms with E-state index in [1.54, 1.807) is 6.33 Å². The zero-order valence-corrected chi connectivity index (χ0v) is 19.1. The number of hydrogen-bond donors (Lipinski definition) is 1. The topological polar surface area (TPSA) is 107 Å². The van der Waals surface area contributed by atoms with E-state index in [9.17, 15) is 9.90 Å². The molecule has 1 saturated carbocycles. The van der Waals surface area contributed by atoms with Crippen molar-refractivity contribution in [1.29, 1.82) is 0 Å². The summed E-state index contributed by atoms with van der Waals surface area (Å²) in [6.45, 7) is 9.35. The number of carboxylic acid groups (broad SMARTS) is 1. The molecule has 1 N–H and O–H groups in total. The minimum atomic E-state index is -1.13. The van der Waals surface area contributed by atoms with Gasteiger partial charge in [0.15, 0.2) is 11.5 Å². The highest BCUT2D eigenvalue weighted by Gasteiger charge is 2.54. The van der Waals surface area contributed by atoms with E-state index in [0.29, 0.717) is 18.8 Å². The Morgan fingerprint density at radius 2 is 2.13 bits per heavy atom. The fraction of sp³-hybridized carbons (Fsp3) is 0.524. The van der Waals surface area contributed by atoms with Gasteiger partial charge in [-0.05, 0) is 25.0 Å². The van der Waals surface area contributed by atoms with Gasteiger partial charge in [-0.3, -0.25) is 0 Å². The number of fused-ring (bicyclic) bond motifs is 3. The lowest BCUT2D eigenvalue weighted by atomic mass is 9.93. The predicted molar refractivity (Wildman–Crippen MR) is 117 cm³/mol. The molecule has 0 unspecified atom stereocenters. The zero-order chi connectivity index (χ0) is 21.8. The summed E-state index contributed by atoms with van der Waals surface area (Å²) in [6.07, 6.45) is 5.47. The van der Waals surface area contributed by atoms with Crippen LogP contribution in [-0.4, -0.2) is 52.0 Å². The molecule has 3 aromatic heterocycles. The van der Waals surface area contributed by atoms with Crippen LogP contribution in [0.15, 0.2) is 23.1 Å². The minimum Gasteiger partial charge on any atom is -0.476 e. The zero-order valence-electron chi connectivity index (χ0n) is 18.1. The number of anilines is 1. The lowest BCUT2D eigenvalue weighted by molar-refractivity contribution is 0.0684. The fourth-order valence-electron chi connectivity index (χ4n) is 4.30. The van der Waals surface area contributed by atoms with Crippen LogP contribution in [0.25, 0.3) is 11.0 Å². The van der Waals surface area contributed by atoms with Crippen LogP contribution >= 0.6 is 0 Å². The maximum Gasteiger partial charge on any atom is 0.358 e. The van der Waals surface area contributed by atoms with Gasteiger partial charge in [-0.2, -0.15) is 0 Å². The van der Waals surface area contributed by atoms with Crippen molar-refractivity contribution in [3.8, 4) is 0 Å². The number of ether oxygens (including phenoxy) is 1. The molecule has 0 bridgehead atoms. The molecule has 1 aliphatic carbocycles. The van der Waals surface area contributed by atoms with Gasteiger partial charge < -0.3 is 23.8 Å². The average Bonchev–Trinajstić information content (AvgIpc) is 3.14. The summed E-state index contributed by atoms with van der Waals surface area (Å²) in [7, 11) is -1.13. The molecule has 1 fully saturated rings. The molecule has 4 heterocycles. The summed E-state index contributed by atoms with van der Waals surface area (Å²) in [6, 6.07) is 3.13. The molecule has 9 nitrogen and oxygen atoms in total. The molecule has 3 aromatic rings. The number of aromatic carboxylic acids is 1. The maximum absolute atomic E-state index is 11.6. The average molecular weight is 442 g/mol. The quantitative estimate of drug-likeness (QED) is 0.439. The smallest absolute Gasteiger partial charge is 0.358 e. The molecule has 5 rings (SSSR count). The van der Waals surface area contributed by atoms with Gasteiger partial charge in [-0.15, -0.1) is 0 Å². The van der Waals surface area contributed by atoms with E-state index in [1.165, 1.54) is 0 Å². The molecule has 0 radical (unpaired) electrons. The molecular formula is C21H27N5O4Si. The molecule has 31 heavy (non-hydrogen) atoms. The summed E-state index contributed by atoms with van der Waals surface area (Å²) in [5.41, 5.74) is 1.33. The SMILES string of the molecule is C[Si](C)(C)CCOCn1ccc2c(N3Cc4c(C(=O)O)noc4C4(CC4)C3)ncnc21. The van der Waals surface area contributed by atoms with E-state index < -0.39 is 14.0 Å². The highest BCUT2D eigenvalue weighted by molar-refractivity contribution is 6.76. The first-order chi connectivity index (χ1) is 14.8. The molecule has 0 saturated heterocycles. The molecule has 1 spiro atoms. The monoisotopic (exact) mass is 441 g/mol. The first kappa shape index (κ1) is 20.2. The first-order valence-corrected chi connectivity index (χ1v) is 14.3. The Bertz CT molecular complexity index is 1140. The van der Waals surface area contributed by atoms with Crippen molar-refractivity contribution in [2.24, 2.45) is 0 Å². The van der Waals surface area contributed by atoms with E-state index >= 15 is 0 Å². The summed E-state index contributed by atoms with van der Waals surface area (Å²) in [4.78, 5) is 22.8. The van der Waals surface area contributed by atoms with Gasteiger partial charge in [0.05, 0.1) is 11.9 Å². The summed E-state index contributed by atoms with van der Waals surface area (Å²) in [5.74, 6) is 0.484. The highest BCUT2D eigenvalue weighted by atomic mass is 28.3. The van der Waals surface area contributed by atoms with Gasteiger partial charge >= 0.3 is 5.97 Å². The van der Waals surface area contributed by atoms with Crippen LogP contribution in [-0.2, 0) is 23.4 Å². The van der Waals surface area contributed by atoms with E-state index in [4.69, 9.17) is 9.26 Å². The molecule has 0 aromatic carbocycles. The Hall–Kier alpha value is -2.72. The third-order valence-electron chi connectivity index (χ3n) is 6.23. The van der Waals surface area contributed by atoms with Crippen LogP contribution in [0.2, 0.25) is 25.7 Å². The van der Waals surface area contributed by atoms with Crippen molar-refractivity contribution in [1.82, 2.24) is 19.7 Å². The number of nitrogens with zero attached hydrogens (tertiary/aromatic N) is 5. The first-order valence-electron chi connectivity index (χ1n) is 10.6. The van der Waals surface area contributed by atoms with Crippen molar-refractivity contribution in [2.45, 2.75) is 57.2 Å². The Labute approximate surface area is 181 Å². The Balaban J connectivity index is 1.42. The second-order valence-corrected chi connectivity index (χ2v) is 15.5. The van der Waals surface area contributed by atoms with Crippen molar-refractivity contribution in [3.05, 3.63) is 35.6 Å². The van der Waals surface area contributed by atoms with Crippen LogP contribution in [0.3, 0.4) is 0 Å². The third-order valence-corrected chi connectivity index (χ3v) is 7.93. The van der Waals surface area contributed by atoms with E-state index in [1.807, 2.05) is 16.8 Å². The van der Waals surface area contributed by atoms with Gasteiger partial charge in [-0.1, -0.05) is 24.8 Å². The second-order valence-electron chi connectivity index (χ2n) is 9.85. The maximum atomic E-state index is 11.6. The minimum absolute atomic E-state index is 0.00430. The van der Waals surface area contributed by atoms with Crippen LogP contribution in [0, 0.1) is 0 Å². The standard InChI is InChI=1S/C21H27N5O4Si/c1-31(2,3)9-8-29-13-25-7-4-14-18(25)22-12-23-19(14)26-10-15-16(20(27)28)24-30-17(15)21(11-26)5-6-21/h4,7,12H,5-6,8-11,13H2,1-3H3,(H,27,28). The van der Waals surface area contributed by atoms with Crippen molar-refractivity contribution in [3.63, 3.8) is 0 Å². The van der Waals surface area contributed by atoms with Gasteiger partial charge in [0.25, 0.3) is 0 Å². The lowest BCUT2D eigenvalue weighted by Gasteiger charge is -2.32. The number of aromatic nitrogens is 4. The predicted octanol–water partition coefficient (Wildman–Crippen LogP) is 3.48. The van der Waals surface area contributed by atoms with E-state index in [-0.39, 0.29) is 11.1 Å². The lowest BCUT2D eigenvalue weighted by Crippen LogP contribution is -2.38. The van der Waals surface area contributed by atoms with Crippen molar-refractivity contribution >= 4 is 30.9 Å². The van der Waals surface area contributed by atoms with E-state index in [0.717, 1.165) is 54.6 Å². The van der Waals surface area contributed by atoms with Crippen molar-refractivity contribution in [2.75, 3.05) is 18.1 Å². The molecule has 1 aliphatic heterocycles. The Kier molecular flexibility index (Phi) is 4.67. The third kappa shape index (κ3) is 3.63. The molecule has 0 amide bonds. The number of carbonyl (C=O) groups is 1. The summed E-state index contributed by atoms with van der Waals surface area (Å²) in [5, 5.41) is 14.3.